The fourth-order valence-corrected chi connectivity index (χ4v) is 1.25. The highest BCUT2D eigenvalue weighted by atomic mass is 16.5. The lowest BCUT2D eigenvalue weighted by atomic mass is 10.2. The zero-order valence-electron chi connectivity index (χ0n) is 9.03. The molecule has 0 fully saturated rings. The second-order valence-corrected chi connectivity index (χ2v) is 3.43. The third-order valence-corrected chi connectivity index (χ3v) is 1.98. The summed E-state index contributed by atoms with van der Waals surface area (Å²) in [6, 6.07) is 1.64. The highest BCUT2D eigenvalue weighted by molar-refractivity contribution is 5.62. The Bertz CT molecular complexity index is 318. The number of nitrogens with one attached hydrogen (secondary N) is 1. The molecule has 1 heterocycles. The molecule has 4 N–H and O–H groups in total. The number of nitrogen functional groups attached to an aromatic ring is 1. The van der Waals surface area contributed by atoms with Crippen molar-refractivity contribution in [2.45, 2.75) is 13.0 Å². The second kappa shape index (κ2) is 5.53. The maximum atomic E-state index is 9.05. The van der Waals surface area contributed by atoms with Gasteiger partial charge in [0.25, 0.3) is 0 Å². The predicted octanol–water partition coefficient (Wildman–Crippen LogP) is 0.391. The largest absolute Gasteiger partial charge is 0.396 e. The average molecular weight is 211 g/mol. The number of nitrogens with two attached hydrogens (primary N) is 1. The molecular weight excluding hydrogens is 194 g/mol. The number of aliphatic hydroxyl groups is 1. The molecule has 1 atom stereocenters. The number of nitrogens with zero attached hydrogens (tertiary/aromatic N) is 1. The van der Waals surface area contributed by atoms with Gasteiger partial charge in [-0.05, 0) is 18.6 Å². The summed E-state index contributed by atoms with van der Waals surface area (Å²) < 4.78 is 4.94. The second-order valence-electron chi connectivity index (χ2n) is 3.43. The summed E-state index contributed by atoms with van der Waals surface area (Å²) in [5.41, 5.74) is 7.35. The first-order chi connectivity index (χ1) is 7.17. The molecule has 0 saturated heterocycles. The molecule has 5 heteroatoms. The van der Waals surface area contributed by atoms with Crippen LogP contribution in [-0.4, -0.2) is 36.5 Å². The molecule has 84 valence electrons. The van der Waals surface area contributed by atoms with Crippen molar-refractivity contribution in [3.05, 3.63) is 17.8 Å². The lowest BCUT2D eigenvalue weighted by Crippen LogP contribution is -2.29. The van der Waals surface area contributed by atoms with Crippen molar-refractivity contribution < 1.29 is 9.84 Å². The van der Waals surface area contributed by atoms with Gasteiger partial charge in [-0.2, -0.15) is 0 Å². The van der Waals surface area contributed by atoms with Gasteiger partial charge in [-0.15, -0.1) is 0 Å². The molecule has 0 spiro atoms. The molecule has 0 aliphatic carbocycles. The molecule has 5 nitrogen and oxygen atoms in total. The van der Waals surface area contributed by atoms with Crippen molar-refractivity contribution in [2.75, 3.05) is 31.4 Å². The Morgan fingerprint density at radius 3 is 2.93 bits per heavy atom. The van der Waals surface area contributed by atoms with Gasteiger partial charge in [0.05, 0.1) is 24.9 Å². The molecule has 1 unspecified atom stereocenters. The number of rotatable bonds is 5. The first kappa shape index (κ1) is 11.7. The smallest absolute Gasteiger partial charge is 0.149 e. The van der Waals surface area contributed by atoms with Gasteiger partial charge in [-0.3, -0.25) is 0 Å². The van der Waals surface area contributed by atoms with Crippen LogP contribution in [0.5, 0.6) is 0 Å². The maximum absolute atomic E-state index is 9.05. The van der Waals surface area contributed by atoms with Gasteiger partial charge in [0, 0.05) is 13.3 Å². The average Bonchev–Trinajstić information content (AvgIpc) is 2.21. The van der Waals surface area contributed by atoms with Gasteiger partial charge < -0.3 is 20.9 Å². The monoisotopic (exact) mass is 211 g/mol. The van der Waals surface area contributed by atoms with Crippen LogP contribution in [0.3, 0.4) is 0 Å². The van der Waals surface area contributed by atoms with Gasteiger partial charge in [0.15, 0.2) is 0 Å². The van der Waals surface area contributed by atoms with Crippen molar-refractivity contribution >= 4 is 11.5 Å². The third kappa shape index (κ3) is 3.38. The van der Waals surface area contributed by atoms with Crippen LogP contribution in [0.25, 0.3) is 0 Å². The van der Waals surface area contributed by atoms with E-state index in [9.17, 15) is 0 Å². The van der Waals surface area contributed by atoms with Crippen molar-refractivity contribution in [3.63, 3.8) is 0 Å². The fourth-order valence-electron chi connectivity index (χ4n) is 1.25. The van der Waals surface area contributed by atoms with Crippen LogP contribution >= 0.6 is 0 Å². The van der Waals surface area contributed by atoms with Crippen molar-refractivity contribution in [1.82, 2.24) is 4.98 Å². The molecule has 1 aromatic heterocycles. The van der Waals surface area contributed by atoms with Crippen LogP contribution in [0.15, 0.2) is 12.3 Å². The number of ether oxygens (including phenoxy) is 1. The van der Waals surface area contributed by atoms with E-state index in [0.29, 0.717) is 18.1 Å². The third-order valence-electron chi connectivity index (χ3n) is 1.98. The number of aromatic nitrogens is 1. The molecule has 0 aliphatic rings. The lowest BCUT2D eigenvalue weighted by molar-refractivity contribution is 0.153. The zero-order chi connectivity index (χ0) is 11.3. The molecule has 0 bridgehead atoms. The lowest BCUT2D eigenvalue weighted by Gasteiger charge is -2.17. The quantitative estimate of drug-likeness (QED) is 0.656. The first-order valence-corrected chi connectivity index (χ1v) is 4.75. The summed E-state index contributed by atoms with van der Waals surface area (Å²) in [4.78, 5) is 4.15. The predicted molar refractivity (Wildman–Crippen MR) is 59.8 cm³/mol. The van der Waals surface area contributed by atoms with E-state index >= 15 is 0 Å². The van der Waals surface area contributed by atoms with Crippen LogP contribution in [-0.2, 0) is 4.74 Å². The maximum Gasteiger partial charge on any atom is 0.149 e. The minimum absolute atomic E-state index is 0.0250. The minimum Gasteiger partial charge on any atom is -0.396 e. The van der Waals surface area contributed by atoms with E-state index in [1.165, 1.54) is 0 Å². The van der Waals surface area contributed by atoms with E-state index in [0.717, 1.165) is 5.56 Å². The Kier molecular flexibility index (Phi) is 4.33. The summed E-state index contributed by atoms with van der Waals surface area (Å²) in [6.07, 6.45) is 1.72. The van der Waals surface area contributed by atoms with Gasteiger partial charge in [-0.1, -0.05) is 0 Å². The molecular formula is C10H17N3O2. The Morgan fingerprint density at radius 1 is 1.67 bits per heavy atom. The van der Waals surface area contributed by atoms with Crippen LogP contribution in [0.4, 0.5) is 11.5 Å². The summed E-state index contributed by atoms with van der Waals surface area (Å²) in [5.74, 6) is 0.580. The highest BCUT2D eigenvalue weighted by Gasteiger charge is 2.09. The van der Waals surface area contributed by atoms with Crippen LogP contribution in [0.1, 0.15) is 5.56 Å². The number of hydrogen-bond acceptors (Lipinski definition) is 5. The van der Waals surface area contributed by atoms with Crippen LogP contribution in [0.2, 0.25) is 0 Å². The minimum atomic E-state index is -0.187. The number of aryl methyl sites for hydroxylation is 1. The number of anilines is 2. The molecule has 15 heavy (non-hydrogen) atoms. The Hall–Kier alpha value is -1.33. The zero-order valence-corrected chi connectivity index (χ0v) is 9.03. The summed E-state index contributed by atoms with van der Waals surface area (Å²) in [5, 5.41) is 12.1. The van der Waals surface area contributed by atoms with Crippen molar-refractivity contribution in [3.8, 4) is 0 Å². The topological polar surface area (TPSA) is 80.4 Å². The normalized spacial score (nSPS) is 12.5. The molecule has 0 radical (unpaired) electrons. The van der Waals surface area contributed by atoms with Crippen molar-refractivity contribution in [1.29, 1.82) is 0 Å². The van der Waals surface area contributed by atoms with Gasteiger partial charge in [0.2, 0.25) is 0 Å². The first-order valence-electron chi connectivity index (χ1n) is 4.75. The molecule has 0 saturated carbocycles. The van der Waals surface area contributed by atoms with Crippen molar-refractivity contribution in [2.24, 2.45) is 0 Å². The molecule has 0 amide bonds. The molecule has 1 rings (SSSR count). The fraction of sp³-hybridized carbons (Fsp3) is 0.500. The van der Waals surface area contributed by atoms with Gasteiger partial charge in [-0.25, -0.2) is 4.98 Å². The van der Waals surface area contributed by atoms with E-state index < -0.39 is 0 Å². The Balaban J connectivity index is 2.70. The Labute approximate surface area is 89.3 Å². The number of methoxy groups -OCH3 is 1. The van der Waals surface area contributed by atoms with E-state index in [-0.39, 0.29) is 12.6 Å². The number of hydrogen-bond donors (Lipinski definition) is 3. The summed E-state index contributed by atoms with van der Waals surface area (Å²) in [7, 11) is 1.58. The van der Waals surface area contributed by atoms with Crippen LogP contribution in [0, 0.1) is 6.92 Å². The molecule has 1 aromatic rings. The van der Waals surface area contributed by atoms with Gasteiger partial charge in [0.1, 0.15) is 5.82 Å². The van der Waals surface area contributed by atoms with E-state index in [2.05, 4.69) is 10.3 Å². The SMILES string of the molecule is COCC(CO)Nc1ncc(C)cc1N. The number of pyridine rings is 1. The van der Waals surface area contributed by atoms with Gasteiger partial charge >= 0.3 is 0 Å². The van der Waals surface area contributed by atoms with E-state index in [1.807, 2.05) is 13.0 Å². The highest BCUT2D eigenvalue weighted by Crippen LogP contribution is 2.16. The molecule has 0 aliphatic heterocycles. The number of aliphatic hydroxyl groups excluding tert-OH is 1. The van der Waals surface area contributed by atoms with Crippen LogP contribution < -0.4 is 11.1 Å². The molecule has 0 aromatic carbocycles. The summed E-state index contributed by atoms with van der Waals surface area (Å²) in [6.45, 7) is 2.31. The van der Waals surface area contributed by atoms with E-state index in [4.69, 9.17) is 15.6 Å². The Morgan fingerprint density at radius 2 is 2.40 bits per heavy atom. The summed E-state index contributed by atoms with van der Waals surface area (Å²) >= 11 is 0. The standard InChI is InChI=1S/C10H17N3O2/c1-7-3-9(11)10(12-4-7)13-8(5-14)6-15-2/h3-4,8,14H,5-6,11H2,1-2H3,(H,12,13). The van der Waals surface area contributed by atoms with E-state index in [1.54, 1.807) is 13.3 Å².